The van der Waals surface area contributed by atoms with Crippen LogP contribution in [-0.4, -0.2) is 25.0 Å². The second-order valence-electron chi connectivity index (χ2n) is 6.19. The van der Waals surface area contributed by atoms with Crippen molar-refractivity contribution in [2.24, 2.45) is 0 Å². The fraction of sp³-hybridized carbons (Fsp3) is 0.300. The van der Waals surface area contributed by atoms with Crippen LogP contribution in [0.5, 0.6) is 5.75 Å². The second kappa shape index (κ2) is 7.83. The van der Waals surface area contributed by atoms with Crippen molar-refractivity contribution in [2.45, 2.75) is 26.2 Å². The first kappa shape index (κ1) is 17.0. The zero-order valence-electron chi connectivity index (χ0n) is 14.3. The molecule has 0 unspecified atom stereocenters. The number of fused-ring (bicyclic) bond motifs is 1. The van der Waals surface area contributed by atoms with E-state index in [1.807, 2.05) is 37.3 Å². The zero-order chi connectivity index (χ0) is 17.6. The number of aryl methyl sites for hydroxylation is 2. The van der Waals surface area contributed by atoms with Gasteiger partial charge in [0.25, 0.3) is 5.91 Å². The Morgan fingerprint density at radius 2 is 2.08 bits per heavy atom. The smallest absolute Gasteiger partial charge is 0.251 e. The predicted octanol–water partition coefficient (Wildman–Crippen LogP) is 3.08. The highest BCUT2D eigenvalue weighted by molar-refractivity contribution is 5.97. The number of hydrogen-bond acceptors (Lipinski definition) is 3. The highest BCUT2D eigenvalue weighted by Gasteiger charge is 2.16. The molecule has 1 aliphatic heterocycles. The number of carbonyl (C=O) groups is 2. The van der Waals surface area contributed by atoms with E-state index in [-0.39, 0.29) is 11.8 Å². The van der Waals surface area contributed by atoms with Crippen molar-refractivity contribution in [1.82, 2.24) is 5.32 Å². The monoisotopic (exact) mass is 338 g/mol. The van der Waals surface area contributed by atoms with E-state index in [1.165, 1.54) is 0 Å². The summed E-state index contributed by atoms with van der Waals surface area (Å²) in [6.07, 6.45) is 1.88. The lowest BCUT2D eigenvalue weighted by molar-refractivity contribution is -0.116. The van der Waals surface area contributed by atoms with E-state index in [0.29, 0.717) is 31.6 Å². The second-order valence-corrected chi connectivity index (χ2v) is 6.19. The third kappa shape index (κ3) is 4.59. The van der Waals surface area contributed by atoms with Gasteiger partial charge in [-0.15, -0.1) is 0 Å². The Morgan fingerprint density at radius 3 is 2.92 bits per heavy atom. The van der Waals surface area contributed by atoms with Crippen LogP contribution < -0.4 is 15.4 Å². The van der Waals surface area contributed by atoms with Crippen LogP contribution in [0.4, 0.5) is 5.69 Å². The summed E-state index contributed by atoms with van der Waals surface area (Å²) in [5.41, 5.74) is 3.60. The number of rotatable bonds is 6. The van der Waals surface area contributed by atoms with Crippen LogP contribution in [-0.2, 0) is 11.2 Å². The van der Waals surface area contributed by atoms with Gasteiger partial charge in [0.15, 0.2) is 0 Å². The van der Waals surface area contributed by atoms with E-state index in [9.17, 15) is 9.59 Å². The quantitative estimate of drug-likeness (QED) is 0.796. The maximum Gasteiger partial charge on any atom is 0.251 e. The lowest BCUT2D eigenvalue weighted by atomic mass is 10.00. The molecular weight excluding hydrogens is 316 g/mol. The molecule has 130 valence electrons. The molecule has 5 nitrogen and oxygen atoms in total. The van der Waals surface area contributed by atoms with Gasteiger partial charge >= 0.3 is 0 Å². The van der Waals surface area contributed by atoms with E-state index in [2.05, 4.69) is 10.6 Å². The van der Waals surface area contributed by atoms with Crippen molar-refractivity contribution >= 4 is 17.5 Å². The van der Waals surface area contributed by atoms with Crippen molar-refractivity contribution in [2.75, 3.05) is 18.5 Å². The highest BCUT2D eigenvalue weighted by Crippen LogP contribution is 2.23. The van der Waals surface area contributed by atoms with Gasteiger partial charge in [-0.3, -0.25) is 9.59 Å². The Hall–Kier alpha value is -2.82. The Morgan fingerprint density at radius 1 is 1.20 bits per heavy atom. The van der Waals surface area contributed by atoms with Gasteiger partial charge in [0.2, 0.25) is 5.91 Å². The first-order valence-corrected chi connectivity index (χ1v) is 8.52. The molecule has 0 radical (unpaired) electrons. The Labute approximate surface area is 147 Å². The summed E-state index contributed by atoms with van der Waals surface area (Å²) in [5.74, 6) is 0.775. The SMILES string of the molecule is Cc1cccc(OCCCNC(=O)c2ccc3c(c2)CCC(=O)N3)c1. The van der Waals surface area contributed by atoms with Gasteiger partial charge < -0.3 is 15.4 Å². The topological polar surface area (TPSA) is 67.4 Å². The Kier molecular flexibility index (Phi) is 5.33. The normalized spacial score (nSPS) is 12.9. The Balaban J connectivity index is 1.44. The minimum Gasteiger partial charge on any atom is -0.494 e. The molecule has 0 bridgehead atoms. The van der Waals surface area contributed by atoms with Crippen LogP contribution >= 0.6 is 0 Å². The Bertz CT molecular complexity index is 786. The summed E-state index contributed by atoms with van der Waals surface area (Å²) in [7, 11) is 0. The number of amides is 2. The van der Waals surface area contributed by atoms with Gasteiger partial charge in [0.1, 0.15) is 5.75 Å². The van der Waals surface area contributed by atoms with Gasteiger partial charge in [0.05, 0.1) is 6.61 Å². The molecule has 3 rings (SSSR count). The first-order valence-electron chi connectivity index (χ1n) is 8.52. The minimum absolute atomic E-state index is 0.0262. The van der Waals surface area contributed by atoms with E-state index in [0.717, 1.165) is 29.0 Å². The fourth-order valence-electron chi connectivity index (χ4n) is 2.80. The standard InChI is InChI=1S/C20H22N2O3/c1-14-4-2-5-17(12-14)25-11-3-10-21-20(24)16-6-8-18-15(13-16)7-9-19(23)22-18/h2,4-6,8,12-13H,3,7,9-11H2,1H3,(H,21,24)(H,22,23). The average Bonchev–Trinajstić information content (AvgIpc) is 2.61. The third-order valence-electron chi connectivity index (χ3n) is 4.13. The summed E-state index contributed by atoms with van der Waals surface area (Å²) in [6, 6.07) is 13.3. The first-order chi connectivity index (χ1) is 12.1. The molecule has 2 aromatic carbocycles. The maximum atomic E-state index is 12.2. The van der Waals surface area contributed by atoms with Crippen LogP contribution in [0.2, 0.25) is 0 Å². The molecule has 0 saturated carbocycles. The number of ether oxygens (including phenoxy) is 1. The molecule has 2 aromatic rings. The molecule has 2 amide bonds. The minimum atomic E-state index is -0.102. The van der Waals surface area contributed by atoms with Crippen molar-refractivity contribution in [3.63, 3.8) is 0 Å². The van der Waals surface area contributed by atoms with E-state index in [4.69, 9.17) is 4.74 Å². The van der Waals surface area contributed by atoms with Crippen LogP contribution in [0, 0.1) is 6.92 Å². The molecular formula is C20H22N2O3. The molecule has 0 saturated heterocycles. The van der Waals surface area contributed by atoms with Crippen LogP contribution in [0.15, 0.2) is 42.5 Å². The summed E-state index contributed by atoms with van der Waals surface area (Å²) in [5, 5.41) is 5.72. The lowest BCUT2D eigenvalue weighted by Gasteiger charge is -2.17. The number of anilines is 1. The maximum absolute atomic E-state index is 12.2. The van der Waals surface area contributed by atoms with Gasteiger partial charge in [-0.2, -0.15) is 0 Å². The van der Waals surface area contributed by atoms with Crippen LogP contribution in [0.3, 0.4) is 0 Å². The largest absolute Gasteiger partial charge is 0.494 e. The summed E-state index contributed by atoms with van der Waals surface area (Å²) >= 11 is 0. The molecule has 0 spiro atoms. The molecule has 2 N–H and O–H groups in total. The molecule has 0 aromatic heterocycles. The summed E-state index contributed by atoms with van der Waals surface area (Å²) in [6.45, 7) is 3.13. The lowest BCUT2D eigenvalue weighted by Crippen LogP contribution is -2.26. The van der Waals surface area contributed by atoms with Gasteiger partial charge in [0, 0.05) is 24.2 Å². The van der Waals surface area contributed by atoms with Gasteiger partial charge in [-0.1, -0.05) is 12.1 Å². The van der Waals surface area contributed by atoms with Crippen LogP contribution in [0.1, 0.15) is 34.3 Å². The number of carbonyl (C=O) groups excluding carboxylic acids is 2. The predicted molar refractivity (Wildman–Crippen MR) is 97.0 cm³/mol. The molecule has 25 heavy (non-hydrogen) atoms. The molecule has 5 heteroatoms. The number of nitrogens with one attached hydrogen (secondary N) is 2. The van der Waals surface area contributed by atoms with Crippen molar-refractivity contribution in [3.05, 3.63) is 59.2 Å². The summed E-state index contributed by atoms with van der Waals surface area (Å²) < 4.78 is 5.67. The average molecular weight is 338 g/mol. The molecule has 0 aliphatic carbocycles. The van der Waals surface area contributed by atoms with Crippen molar-refractivity contribution in [1.29, 1.82) is 0 Å². The number of hydrogen-bond donors (Lipinski definition) is 2. The molecule has 1 aliphatic rings. The highest BCUT2D eigenvalue weighted by atomic mass is 16.5. The molecule has 0 atom stereocenters. The number of benzene rings is 2. The zero-order valence-corrected chi connectivity index (χ0v) is 14.3. The summed E-state index contributed by atoms with van der Waals surface area (Å²) in [4.78, 5) is 23.6. The van der Waals surface area contributed by atoms with E-state index < -0.39 is 0 Å². The van der Waals surface area contributed by atoms with Crippen molar-refractivity contribution in [3.8, 4) is 5.75 Å². The fourth-order valence-corrected chi connectivity index (χ4v) is 2.80. The van der Waals surface area contributed by atoms with E-state index >= 15 is 0 Å². The van der Waals surface area contributed by atoms with E-state index in [1.54, 1.807) is 12.1 Å². The van der Waals surface area contributed by atoms with Gasteiger partial charge in [-0.05, 0) is 61.2 Å². The van der Waals surface area contributed by atoms with Gasteiger partial charge in [-0.25, -0.2) is 0 Å². The third-order valence-corrected chi connectivity index (χ3v) is 4.13. The van der Waals surface area contributed by atoms with Crippen molar-refractivity contribution < 1.29 is 14.3 Å². The molecule has 0 fully saturated rings. The van der Waals surface area contributed by atoms with Crippen LogP contribution in [0.25, 0.3) is 0 Å². The molecule has 1 heterocycles.